The van der Waals surface area contributed by atoms with Crippen LogP contribution in [-0.2, 0) is 4.79 Å². The smallest absolute Gasteiger partial charge is 0.254 e. The Hall–Kier alpha value is -2.62. The molecule has 3 rings (SSSR count). The lowest BCUT2D eigenvalue weighted by molar-refractivity contribution is -0.126. The van der Waals surface area contributed by atoms with Crippen LogP contribution in [0.5, 0.6) is 0 Å². The van der Waals surface area contributed by atoms with E-state index in [0.29, 0.717) is 12.1 Å². The van der Waals surface area contributed by atoms with Gasteiger partial charge in [-0.1, -0.05) is 55.8 Å². The SMILES string of the molecule is CCCCNC(=O)C1CCC(C)N(C(=O)c2ccc(-c3ccccc3)cc2)C1. The number of nitrogens with zero attached hydrogens (tertiary/aromatic N) is 1. The molecule has 4 heteroatoms. The van der Waals surface area contributed by atoms with Crippen LogP contribution in [0.4, 0.5) is 0 Å². The summed E-state index contributed by atoms with van der Waals surface area (Å²) in [7, 11) is 0. The van der Waals surface area contributed by atoms with Crippen LogP contribution in [0.2, 0.25) is 0 Å². The molecule has 2 amide bonds. The summed E-state index contributed by atoms with van der Waals surface area (Å²) in [6, 6.07) is 18.1. The zero-order valence-corrected chi connectivity index (χ0v) is 16.9. The molecule has 0 radical (unpaired) electrons. The van der Waals surface area contributed by atoms with E-state index in [2.05, 4.69) is 31.3 Å². The Morgan fingerprint density at radius 2 is 1.68 bits per heavy atom. The Balaban J connectivity index is 1.67. The van der Waals surface area contributed by atoms with Crippen LogP contribution in [0, 0.1) is 5.92 Å². The highest BCUT2D eigenvalue weighted by Gasteiger charge is 2.32. The van der Waals surface area contributed by atoms with Crippen LogP contribution >= 0.6 is 0 Å². The van der Waals surface area contributed by atoms with E-state index in [1.165, 1.54) is 0 Å². The number of carbonyl (C=O) groups excluding carboxylic acids is 2. The van der Waals surface area contributed by atoms with Crippen molar-refractivity contribution in [3.8, 4) is 11.1 Å². The lowest BCUT2D eigenvalue weighted by Gasteiger charge is -2.37. The van der Waals surface area contributed by atoms with Gasteiger partial charge in [0.2, 0.25) is 5.91 Å². The number of piperidine rings is 1. The summed E-state index contributed by atoms with van der Waals surface area (Å²) in [5, 5.41) is 3.02. The molecule has 0 aliphatic carbocycles. The molecule has 2 aromatic rings. The van der Waals surface area contributed by atoms with E-state index in [4.69, 9.17) is 0 Å². The van der Waals surface area contributed by atoms with Crippen LogP contribution < -0.4 is 5.32 Å². The molecule has 2 atom stereocenters. The van der Waals surface area contributed by atoms with Crippen molar-refractivity contribution in [3.63, 3.8) is 0 Å². The quantitative estimate of drug-likeness (QED) is 0.752. The maximum absolute atomic E-state index is 13.1. The molecule has 2 aromatic carbocycles. The van der Waals surface area contributed by atoms with Gasteiger partial charge >= 0.3 is 0 Å². The fourth-order valence-electron chi connectivity index (χ4n) is 3.74. The third-order valence-corrected chi connectivity index (χ3v) is 5.58. The maximum atomic E-state index is 13.1. The fourth-order valence-corrected chi connectivity index (χ4v) is 3.74. The molecule has 1 fully saturated rings. The van der Waals surface area contributed by atoms with E-state index in [9.17, 15) is 9.59 Å². The second kappa shape index (κ2) is 9.54. The largest absolute Gasteiger partial charge is 0.356 e. The molecule has 0 spiro atoms. The average molecular weight is 379 g/mol. The molecule has 28 heavy (non-hydrogen) atoms. The van der Waals surface area contributed by atoms with Gasteiger partial charge in [0, 0.05) is 24.7 Å². The van der Waals surface area contributed by atoms with E-state index in [1.54, 1.807) is 0 Å². The molecule has 2 unspecified atom stereocenters. The minimum Gasteiger partial charge on any atom is -0.356 e. The molecule has 1 aliphatic heterocycles. The molecular weight excluding hydrogens is 348 g/mol. The highest BCUT2D eigenvalue weighted by Crippen LogP contribution is 2.25. The Morgan fingerprint density at radius 1 is 1.00 bits per heavy atom. The number of nitrogens with one attached hydrogen (secondary N) is 1. The summed E-state index contributed by atoms with van der Waals surface area (Å²) in [6.45, 7) is 5.40. The Bertz CT molecular complexity index is 786. The number of carbonyl (C=O) groups is 2. The molecular formula is C24H30N2O2. The van der Waals surface area contributed by atoms with Crippen molar-refractivity contribution in [1.82, 2.24) is 10.2 Å². The molecule has 0 saturated carbocycles. The second-order valence-electron chi connectivity index (χ2n) is 7.67. The standard InChI is InChI=1S/C24H30N2O2/c1-3-4-16-25-23(27)22-11-10-18(2)26(17-22)24(28)21-14-12-20(13-15-21)19-8-6-5-7-9-19/h5-9,12-15,18,22H,3-4,10-11,16-17H2,1-2H3,(H,25,27). The number of unbranched alkanes of at least 4 members (excludes halogenated alkanes) is 1. The summed E-state index contributed by atoms with van der Waals surface area (Å²) < 4.78 is 0. The number of amides is 2. The lowest BCUT2D eigenvalue weighted by atomic mass is 9.92. The minimum atomic E-state index is -0.111. The van der Waals surface area contributed by atoms with E-state index in [1.807, 2.05) is 47.4 Å². The van der Waals surface area contributed by atoms with Gasteiger partial charge in [0.15, 0.2) is 0 Å². The van der Waals surface area contributed by atoms with Gasteiger partial charge < -0.3 is 10.2 Å². The third kappa shape index (κ3) is 4.80. The van der Waals surface area contributed by atoms with Gasteiger partial charge in [-0.25, -0.2) is 0 Å². The molecule has 4 nitrogen and oxygen atoms in total. The van der Waals surface area contributed by atoms with Gasteiger partial charge in [0.05, 0.1) is 5.92 Å². The summed E-state index contributed by atoms with van der Waals surface area (Å²) in [5.74, 6) is -0.0173. The van der Waals surface area contributed by atoms with Gasteiger partial charge in [0.25, 0.3) is 5.91 Å². The highest BCUT2D eigenvalue weighted by atomic mass is 16.2. The van der Waals surface area contributed by atoms with Gasteiger partial charge in [-0.05, 0) is 49.4 Å². The van der Waals surface area contributed by atoms with Crippen molar-refractivity contribution in [3.05, 3.63) is 60.2 Å². The second-order valence-corrected chi connectivity index (χ2v) is 7.67. The molecule has 1 N–H and O–H groups in total. The van der Waals surface area contributed by atoms with Gasteiger partial charge in [0.1, 0.15) is 0 Å². The van der Waals surface area contributed by atoms with Crippen molar-refractivity contribution in [1.29, 1.82) is 0 Å². The summed E-state index contributed by atoms with van der Waals surface area (Å²) in [5.41, 5.74) is 2.91. The van der Waals surface area contributed by atoms with Crippen LogP contribution in [0.1, 0.15) is 49.9 Å². The van der Waals surface area contributed by atoms with Crippen molar-refractivity contribution in [2.75, 3.05) is 13.1 Å². The predicted octanol–water partition coefficient (Wildman–Crippen LogP) is 4.51. The van der Waals surface area contributed by atoms with Crippen molar-refractivity contribution in [2.24, 2.45) is 5.92 Å². The van der Waals surface area contributed by atoms with E-state index < -0.39 is 0 Å². The Kier molecular flexibility index (Phi) is 6.85. The van der Waals surface area contributed by atoms with E-state index in [0.717, 1.165) is 43.4 Å². The normalized spacial score (nSPS) is 19.3. The maximum Gasteiger partial charge on any atom is 0.254 e. The lowest BCUT2D eigenvalue weighted by Crippen LogP contribution is -2.49. The number of rotatable bonds is 6. The first-order chi connectivity index (χ1) is 13.6. The Morgan fingerprint density at radius 3 is 2.36 bits per heavy atom. The highest BCUT2D eigenvalue weighted by molar-refractivity contribution is 5.95. The van der Waals surface area contributed by atoms with Gasteiger partial charge in [-0.2, -0.15) is 0 Å². The predicted molar refractivity (Wildman–Crippen MR) is 113 cm³/mol. The summed E-state index contributed by atoms with van der Waals surface area (Å²) in [4.78, 5) is 27.4. The topological polar surface area (TPSA) is 49.4 Å². The zero-order valence-electron chi connectivity index (χ0n) is 16.9. The molecule has 148 valence electrons. The molecule has 0 bridgehead atoms. The zero-order chi connectivity index (χ0) is 19.9. The molecule has 1 heterocycles. The first kappa shape index (κ1) is 20.1. The van der Waals surface area contributed by atoms with E-state index in [-0.39, 0.29) is 23.8 Å². The number of benzene rings is 2. The number of hydrogen-bond donors (Lipinski definition) is 1. The molecule has 1 saturated heterocycles. The summed E-state index contributed by atoms with van der Waals surface area (Å²) in [6.07, 6.45) is 3.76. The number of hydrogen-bond acceptors (Lipinski definition) is 2. The van der Waals surface area contributed by atoms with Crippen molar-refractivity contribution in [2.45, 2.75) is 45.6 Å². The van der Waals surface area contributed by atoms with Gasteiger partial charge in [-0.3, -0.25) is 9.59 Å². The first-order valence-corrected chi connectivity index (χ1v) is 10.3. The Labute approximate surface area is 167 Å². The first-order valence-electron chi connectivity index (χ1n) is 10.3. The van der Waals surface area contributed by atoms with E-state index >= 15 is 0 Å². The molecule has 1 aliphatic rings. The number of likely N-dealkylation sites (tertiary alicyclic amines) is 1. The van der Waals surface area contributed by atoms with Crippen LogP contribution in [0.15, 0.2) is 54.6 Å². The van der Waals surface area contributed by atoms with Crippen LogP contribution in [0.3, 0.4) is 0 Å². The van der Waals surface area contributed by atoms with Crippen molar-refractivity contribution < 1.29 is 9.59 Å². The minimum absolute atomic E-state index is 0.0122. The monoisotopic (exact) mass is 378 g/mol. The average Bonchev–Trinajstić information content (AvgIpc) is 2.74. The fraction of sp³-hybridized carbons (Fsp3) is 0.417. The van der Waals surface area contributed by atoms with Crippen molar-refractivity contribution >= 4 is 11.8 Å². The molecule has 0 aromatic heterocycles. The third-order valence-electron chi connectivity index (χ3n) is 5.58. The summed E-state index contributed by atoms with van der Waals surface area (Å²) >= 11 is 0. The van der Waals surface area contributed by atoms with Gasteiger partial charge in [-0.15, -0.1) is 0 Å². The van der Waals surface area contributed by atoms with Crippen LogP contribution in [0.25, 0.3) is 11.1 Å². The van der Waals surface area contributed by atoms with Crippen LogP contribution in [-0.4, -0.2) is 35.8 Å².